The van der Waals surface area contributed by atoms with Gasteiger partial charge in [-0.1, -0.05) is 12.1 Å². The number of nitrogens with one attached hydrogen (secondary N) is 2. The first-order valence-corrected chi connectivity index (χ1v) is 5.08. The molecule has 1 aliphatic heterocycles. The zero-order valence-corrected chi connectivity index (χ0v) is 10.5. The van der Waals surface area contributed by atoms with Gasteiger partial charge < -0.3 is 10.6 Å². The van der Waals surface area contributed by atoms with Gasteiger partial charge in [0.15, 0.2) is 0 Å². The van der Waals surface area contributed by atoms with E-state index in [1.165, 1.54) is 6.07 Å². The van der Waals surface area contributed by atoms with Crippen molar-refractivity contribution in [1.29, 1.82) is 0 Å². The Balaban J connectivity index is 0.00000112. The van der Waals surface area contributed by atoms with E-state index < -0.39 is 0 Å². The van der Waals surface area contributed by atoms with E-state index >= 15 is 0 Å². The molecule has 2 nitrogen and oxygen atoms in total. The van der Waals surface area contributed by atoms with Crippen LogP contribution < -0.4 is 10.6 Å². The number of piperidine rings is 1. The first-order chi connectivity index (χ1) is 6.86. The van der Waals surface area contributed by atoms with Gasteiger partial charge in [-0.2, -0.15) is 0 Å². The van der Waals surface area contributed by atoms with Crippen molar-refractivity contribution in [2.45, 2.75) is 18.9 Å². The van der Waals surface area contributed by atoms with E-state index in [1.54, 1.807) is 12.1 Å². The third-order valence-electron chi connectivity index (χ3n) is 2.57. The largest absolute Gasteiger partial charge is 0.380 e. The summed E-state index contributed by atoms with van der Waals surface area (Å²) in [7, 11) is 0. The van der Waals surface area contributed by atoms with Crippen LogP contribution in [0, 0.1) is 5.82 Å². The molecule has 0 amide bonds. The molecule has 2 N–H and O–H groups in total. The SMILES string of the molecule is Cl.Cl.Fc1ccccc1NC1CCNCC1. The lowest BCUT2D eigenvalue weighted by atomic mass is 10.1. The van der Waals surface area contributed by atoms with Crippen LogP contribution in [0.1, 0.15) is 12.8 Å². The van der Waals surface area contributed by atoms with E-state index in [1.807, 2.05) is 6.07 Å². The summed E-state index contributed by atoms with van der Waals surface area (Å²) in [5, 5.41) is 6.52. The van der Waals surface area contributed by atoms with Crippen LogP contribution in [0.2, 0.25) is 0 Å². The minimum atomic E-state index is -0.161. The topological polar surface area (TPSA) is 24.1 Å². The summed E-state index contributed by atoms with van der Waals surface area (Å²) in [6, 6.07) is 7.25. The fourth-order valence-electron chi connectivity index (χ4n) is 1.76. The summed E-state index contributed by atoms with van der Waals surface area (Å²) in [5.41, 5.74) is 0.624. The third-order valence-corrected chi connectivity index (χ3v) is 2.57. The van der Waals surface area contributed by atoms with E-state index in [9.17, 15) is 4.39 Å². The van der Waals surface area contributed by atoms with Gasteiger partial charge in [0.25, 0.3) is 0 Å². The van der Waals surface area contributed by atoms with Crippen LogP contribution in [0.25, 0.3) is 0 Å². The predicted molar refractivity (Wildman–Crippen MR) is 70.4 cm³/mol. The average Bonchev–Trinajstić information content (AvgIpc) is 2.23. The smallest absolute Gasteiger partial charge is 0.146 e. The van der Waals surface area contributed by atoms with Gasteiger partial charge >= 0.3 is 0 Å². The summed E-state index contributed by atoms with van der Waals surface area (Å²) in [4.78, 5) is 0. The fraction of sp³-hybridized carbons (Fsp3) is 0.455. The summed E-state index contributed by atoms with van der Waals surface area (Å²) in [6.07, 6.45) is 2.13. The van der Waals surface area contributed by atoms with Crippen molar-refractivity contribution in [2.75, 3.05) is 18.4 Å². The summed E-state index contributed by atoms with van der Waals surface area (Å²) in [6.45, 7) is 2.04. The van der Waals surface area contributed by atoms with Crippen LogP contribution in [0.3, 0.4) is 0 Å². The number of benzene rings is 1. The molecule has 92 valence electrons. The second kappa shape index (κ2) is 7.71. The number of anilines is 1. The molecule has 0 saturated carbocycles. The highest BCUT2D eigenvalue weighted by Gasteiger charge is 2.13. The highest BCUT2D eigenvalue weighted by atomic mass is 35.5. The minimum Gasteiger partial charge on any atom is -0.380 e. The highest BCUT2D eigenvalue weighted by Crippen LogP contribution is 2.16. The van der Waals surface area contributed by atoms with Crippen LogP contribution in [-0.4, -0.2) is 19.1 Å². The van der Waals surface area contributed by atoms with Crippen molar-refractivity contribution in [3.63, 3.8) is 0 Å². The molecule has 5 heteroatoms. The Hall–Kier alpha value is -0.510. The Bertz CT molecular complexity index is 304. The number of para-hydroxylation sites is 1. The van der Waals surface area contributed by atoms with E-state index in [0.717, 1.165) is 25.9 Å². The van der Waals surface area contributed by atoms with Gasteiger partial charge in [0.05, 0.1) is 5.69 Å². The van der Waals surface area contributed by atoms with Gasteiger partial charge in [-0.25, -0.2) is 4.39 Å². The molecule has 1 aliphatic rings. The predicted octanol–water partition coefficient (Wildman–Crippen LogP) is 2.83. The van der Waals surface area contributed by atoms with Crippen LogP contribution in [-0.2, 0) is 0 Å². The normalized spacial score (nSPS) is 15.8. The lowest BCUT2D eigenvalue weighted by Crippen LogP contribution is -2.35. The Morgan fingerprint density at radius 2 is 1.75 bits per heavy atom. The van der Waals surface area contributed by atoms with Crippen LogP contribution >= 0.6 is 24.8 Å². The van der Waals surface area contributed by atoms with Crippen molar-refractivity contribution in [1.82, 2.24) is 5.32 Å². The Morgan fingerprint density at radius 1 is 1.12 bits per heavy atom. The van der Waals surface area contributed by atoms with E-state index in [-0.39, 0.29) is 30.6 Å². The standard InChI is InChI=1S/C11H15FN2.2ClH/c12-10-3-1-2-4-11(10)14-9-5-7-13-8-6-9;;/h1-4,9,13-14H,5-8H2;2*1H. The molecular weight excluding hydrogens is 250 g/mol. The van der Waals surface area contributed by atoms with Gasteiger partial charge in [0, 0.05) is 6.04 Å². The molecule has 1 aromatic carbocycles. The van der Waals surface area contributed by atoms with Crippen LogP contribution in [0.15, 0.2) is 24.3 Å². The first kappa shape index (κ1) is 15.5. The molecule has 0 aromatic heterocycles. The monoisotopic (exact) mass is 266 g/mol. The molecule has 0 aliphatic carbocycles. The molecule has 16 heavy (non-hydrogen) atoms. The zero-order chi connectivity index (χ0) is 9.80. The van der Waals surface area contributed by atoms with Crippen LogP contribution in [0.5, 0.6) is 0 Å². The molecule has 0 atom stereocenters. The van der Waals surface area contributed by atoms with E-state index in [0.29, 0.717) is 11.7 Å². The highest BCUT2D eigenvalue weighted by molar-refractivity contribution is 5.85. The zero-order valence-electron chi connectivity index (χ0n) is 8.91. The van der Waals surface area contributed by atoms with Gasteiger partial charge in [-0.15, -0.1) is 24.8 Å². The van der Waals surface area contributed by atoms with Gasteiger partial charge in [-0.3, -0.25) is 0 Å². The van der Waals surface area contributed by atoms with E-state index in [2.05, 4.69) is 10.6 Å². The molecule has 0 radical (unpaired) electrons. The van der Waals surface area contributed by atoms with Crippen molar-refractivity contribution < 1.29 is 4.39 Å². The number of rotatable bonds is 2. The van der Waals surface area contributed by atoms with Crippen molar-refractivity contribution >= 4 is 30.5 Å². The molecule has 1 saturated heterocycles. The molecule has 1 fully saturated rings. The Labute approximate surface area is 108 Å². The summed E-state index contributed by atoms with van der Waals surface area (Å²) < 4.78 is 13.3. The quantitative estimate of drug-likeness (QED) is 0.861. The molecule has 2 rings (SSSR count). The number of halogens is 3. The van der Waals surface area contributed by atoms with Crippen molar-refractivity contribution in [3.05, 3.63) is 30.1 Å². The molecule has 0 spiro atoms. The van der Waals surface area contributed by atoms with E-state index in [4.69, 9.17) is 0 Å². The maximum absolute atomic E-state index is 13.3. The maximum Gasteiger partial charge on any atom is 0.146 e. The molecule has 1 aromatic rings. The Morgan fingerprint density at radius 3 is 2.38 bits per heavy atom. The van der Waals surface area contributed by atoms with Crippen molar-refractivity contribution in [2.24, 2.45) is 0 Å². The third kappa shape index (κ3) is 4.16. The van der Waals surface area contributed by atoms with Gasteiger partial charge in [0.2, 0.25) is 0 Å². The fourth-order valence-corrected chi connectivity index (χ4v) is 1.76. The van der Waals surface area contributed by atoms with Crippen LogP contribution in [0.4, 0.5) is 10.1 Å². The molecule has 0 unspecified atom stereocenters. The second-order valence-electron chi connectivity index (χ2n) is 3.65. The van der Waals surface area contributed by atoms with Gasteiger partial charge in [0.1, 0.15) is 5.82 Å². The lowest BCUT2D eigenvalue weighted by molar-refractivity contribution is 0.477. The summed E-state index contributed by atoms with van der Waals surface area (Å²) in [5.74, 6) is -0.161. The first-order valence-electron chi connectivity index (χ1n) is 5.08. The van der Waals surface area contributed by atoms with Crippen molar-refractivity contribution in [3.8, 4) is 0 Å². The van der Waals surface area contributed by atoms with Gasteiger partial charge in [-0.05, 0) is 38.1 Å². The number of hydrogen-bond acceptors (Lipinski definition) is 2. The summed E-state index contributed by atoms with van der Waals surface area (Å²) >= 11 is 0. The molecule has 0 bridgehead atoms. The Kier molecular flexibility index (Phi) is 7.47. The maximum atomic E-state index is 13.3. The molecular formula is C11H17Cl2FN2. The average molecular weight is 267 g/mol. The molecule has 1 heterocycles. The second-order valence-corrected chi connectivity index (χ2v) is 3.65. The minimum absolute atomic E-state index is 0. The number of hydrogen-bond donors (Lipinski definition) is 2. The lowest BCUT2D eigenvalue weighted by Gasteiger charge is -2.24.